The third-order valence-electron chi connectivity index (χ3n) is 3.85. The zero-order valence-electron chi connectivity index (χ0n) is 12.6. The van der Waals surface area contributed by atoms with Crippen LogP contribution in [0.15, 0.2) is 0 Å². The number of thioether (sulfide) groups is 1. The molecular weight excluding hydrogens is 290 g/mol. The number of hydrogen-bond donors (Lipinski definition) is 2. The van der Waals surface area contributed by atoms with E-state index >= 15 is 0 Å². The third-order valence-corrected chi connectivity index (χ3v) is 4.82. The molecule has 120 valence electrons. The van der Waals surface area contributed by atoms with Crippen LogP contribution in [0.25, 0.3) is 0 Å². The molecule has 2 N–H and O–H groups in total. The second-order valence-corrected chi connectivity index (χ2v) is 6.53. The molecule has 0 aliphatic carbocycles. The van der Waals surface area contributed by atoms with Crippen molar-refractivity contribution in [3.8, 4) is 0 Å². The van der Waals surface area contributed by atoms with Gasteiger partial charge in [-0.15, -0.1) is 11.8 Å². The molecule has 2 fully saturated rings. The van der Waals surface area contributed by atoms with Gasteiger partial charge in [-0.05, 0) is 19.3 Å². The molecule has 0 aromatic carbocycles. The van der Waals surface area contributed by atoms with E-state index in [0.29, 0.717) is 32.1 Å². The minimum atomic E-state index is -0.0750. The second kappa shape index (κ2) is 8.60. The van der Waals surface area contributed by atoms with Crippen molar-refractivity contribution < 1.29 is 14.3 Å². The van der Waals surface area contributed by atoms with Gasteiger partial charge in [0.2, 0.25) is 11.8 Å². The summed E-state index contributed by atoms with van der Waals surface area (Å²) in [5, 5.41) is 6.21. The summed E-state index contributed by atoms with van der Waals surface area (Å²) in [5.41, 5.74) is 0. The average Bonchev–Trinajstić information content (AvgIpc) is 3.16. The Morgan fingerprint density at radius 1 is 1.48 bits per heavy atom. The summed E-state index contributed by atoms with van der Waals surface area (Å²) >= 11 is 1.80. The quantitative estimate of drug-likeness (QED) is 0.649. The van der Waals surface area contributed by atoms with Crippen LogP contribution in [0, 0.1) is 5.92 Å². The summed E-state index contributed by atoms with van der Waals surface area (Å²) < 4.78 is 5.16. The highest BCUT2D eigenvalue weighted by Crippen LogP contribution is 2.19. The maximum absolute atomic E-state index is 12.3. The van der Waals surface area contributed by atoms with Gasteiger partial charge in [-0.25, -0.2) is 0 Å². The number of nitrogens with zero attached hydrogens (tertiary/aromatic N) is 1. The van der Waals surface area contributed by atoms with E-state index in [1.165, 1.54) is 0 Å². The van der Waals surface area contributed by atoms with Gasteiger partial charge in [-0.1, -0.05) is 0 Å². The van der Waals surface area contributed by atoms with Crippen molar-refractivity contribution >= 4 is 23.6 Å². The molecule has 0 aromatic heterocycles. The largest absolute Gasteiger partial charge is 0.381 e. The Balaban J connectivity index is 1.63. The minimum absolute atomic E-state index is 0.0224. The summed E-state index contributed by atoms with van der Waals surface area (Å²) in [6.45, 7) is 5.32. The number of hydrogen-bond acceptors (Lipinski definition) is 5. The average molecular weight is 315 g/mol. The zero-order valence-corrected chi connectivity index (χ0v) is 13.4. The van der Waals surface area contributed by atoms with Crippen molar-refractivity contribution in [1.29, 1.82) is 0 Å². The van der Waals surface area contributed by atoms with E-state index in [1.807, 2.05) is 11.8 Å². The lowest BCUT2D eigenvalue weighted by molar-refractivity contribution is -0.131. The van der Waals surface area contributed by atoms with Crippen molar-refractivity contribution in [3.63, 3.8) is 0 Å². The summed E-state index contributed by atoms with van der Waals surface area (Å²) in [4.78, 5) is 25.8. The molecule has 2 saturated heterocycles. The van der Waals surface area contributed by atoms with E-state index in [9.17, 15) is 9.59 Å². The van der Waals surface area contributed by atoms with Crippen LogP contribution in [0.1, 0.15) is 19.8 Å². The first kappa shape index (κ1) is 16.6. The zero-order chi connectivity index (χ0) is 15.1. The molecule has 6 nitrogen and oxygen atoms in total. The van der Waals surface area contributed by atoms with Crippen LogP contribution in [0.4, 0.5) is 0 Å². The normalized spacial score (nSPS) is 25.3. The van der Waals surface area contributed by atoms with Gasteiger partial charge in [-0.2, -0.15) is 0 Å². The maximum Gasteiger partial charge on any atom is 0.240 e. The van der Waals surface area contributed by atoms with Gasteiger partial charge in [0, 0.05) is 38.4 Å². The lowest BCUT2D eigenvalue weighted by atomic mass is 10.0. The number of nitrogens with one attached hydrogen (secondary N) is 2. The van der Waals surface area contributed by atoms with Crippen molar-refractivity contribution in [1.82, 2.24) is 15.5 Å². The molecule has 2 atom stereocenters. The lowest BCUT2D eigenvalue weighted by Gasteiger charge is -2.19. The van der Waals surface area contributed by atoms with Crippen LogP contribution in [0.2, 0.25) is 0 Å². The van der Waals surface area contributed by atoms with E-state index in [2.05, 4.69) is 10.6 Å². The summed E-state index contributed by atoms with van der Waals surface area (Å²) in [6.07, 6.45) is 1.22. The molecule has 2 heterocycles. The minimum Gasteiger partial charge on any atom is -0.381 e. The molecule has 2 rings (SSSR count). The van der Waals surface area contributed by atoms with E-state index in [4.69, 9.17) is 4.74 Å². The van der Waals surface area contributed by atoms with Gasteiger partial charge >= 0.3 is 0 Å². The Hall–Kier alpha value is -0.790. The fraction of sp³-hybridized carbons (Fsp3) is 0.857. The molecule has 0 aromatic rings. The van der Waals surface area contributed by atoms with Gasteiger partial charge in [0.15, 0.2) is 0 Å². The fourth-order valence-corrected chi connectivity index (χ4v) is 3.57. The Morgan fingerprint density at radius 3 is 3.05 bits per heavy atom. The number of carbonyl (C=O) groups is 2. The van der Waals surface area contributed by atoms with Crippen LogP contribution in [0.3, 0.4) is 0 Å². The van der Waals surface area contributed by atoms with Crippen molar-refractivity contribution in [2.45, 2.75) is 25.8 Å². The van der Waals surface area contributed by atoms with Crippen LogP contribution in [0.5, 0.6) is 0 Å². The molecule has 0 bridgehead atoms. The molecule has 2 amide bonds. The molecule has 2 unspecified atom stereocenters. The SMILES string of the molecule is CCOCCC(=O)NCC1CNC(C(=O)N2CCSC2)C1. The molecule has 21 heavy (non-hydrogen) atoms. The molecule has 2 aliphatic heterocycles. The fourth-order valence-electron chi connectivity index (χ4n) is 2.62. The third kappa shape index (κ3) is 5.16. The summed E-state index contributed by atoms with van der Waals surface area (Å²) in [7, 11) is 0. The van der Waals surface area contributed by atoms with Crippen molar-refractivity contribution in [2.24, 2.45) is 5.92 Å². The van der Waals surface area contributed by atoms with Crippen LogP contribution >= 0.6 is 11.8 Å². The highest BCUT2D eigenvalue weighted by molar-refractivity contribution is 7.99. The van der Waals surface area contributed by atoms with E-state index in [0.717, 1.165) is 31.1 Å². The van der Waals surface area contributed by atoms with Gasteiger partial charge < -0.3 is 20.3 Å². The number of rotatable bonds is 7. The van der Waals surface area contributed by atoms with Gasteiger partial charge in [-0.3, -0.25) is 9.59 Å². The predicted octanol–water partition coefficient (Wildman–Crippen LogP) is 0.0402. The Labute approximate surface area is 130 Å². The lowest BCUT2D eigenvalue weighted by Crippen LogP contribution is -2.42. The number of ether oxygens (including phenoxy) is 1. The van der Waals surface area contributed by atoms with E-state index in [-0.39, 0.29) is 17.9 Å². The van der Waals surface area contributed by atoms with Gasteiger partial charge in [0.1, 0.15) is 0 Å². The van der Waals surface area contributed by atoms with Crippen LogP contribution in [-0.2, 0) is 14.3 Å². The second-order valence-electron chi connectivity index (χ2n) is 5.45. The van der Waals surface area contributed by atoms with Gasteiger partial charge in [0.25, 0.3) is 0 Å². The first-order valence-electron chi connectivity index (χ1n) is 7.65. The molecular formula is C14H25N3O3S. The first-order chi connectivity index (χ1) is 10.2. The smallest absolute Gasteiger partial charge is 0.240 e. The van der Waals surface area contributed by atoms with E-state index < -0.39 is 0 Å². The van der Waals surface area contributed by atoms with Crippen LogP contribution in [-0.4, -0.2) is 67.2 Å². The van der Waals surface area contributed by atoms with Crippen molar-refractivity contribution in [3.05, 3.63) is 0 Å². The maximum atomic E-state index is 12.3. The Kier molecular flexibility index (Phi) is 6.79. The van der Waals surface area contributed by atoms with Gasteiger partial charge in [0.05, 0.1) is 18.5 Å². The predicted molar refractivity (Wildman–Crippen MR) is 83.1 cm³/mol. The number of amides is 2. The topological polar surface area (TPSA) is 70.7 Å². The molecule has 2 aliphatic rings. The molecule has 0 spiro atoms. The highest BCUT2D eigenvalue weighted by Gasteiger charge is 2.33. The Morgan fingerprint density at radius 2 is 2.33 bits per heavy atom. The molecule has 0 saturated carbocycles. The standard InChI is InChI=1S/C14H25N3O3S/c1-2-20-5-3-13(18)16-9-11-7-12(15-8-11)14(19)17-4-6-21-10-17/h11-12,15H,2-10H2,1H3,(H,16,18). The first-order valence-corrected chi connectivity index (χ1v) is 8.80. The highest BCUT2D eigenvalue weighted by atomic mass is 32.2. The Bertz CT molecular complexity index is 361. The summed E-state index contributed by atoms with van der Waals surface area (Å²) in [5.74, 6) is 2.43. The van der Waals surface area contributed by atoms with Crippen molar-refractivity contribution in [2.75, 3.05) is 44.5 Å². The van der Waals surface area contributed by atoms with Crippen LogP contribution < -0.4 is 10.6 Å². The summed E-state index contributed by atoms with van der Waals surface area (Å²) in [6, 6.07) is -0.0750. The monoisotopic (exact) mass is 315 g/mol. The van der Waals surface area contributed by atoms with E-state index in [1.54, 1.807) is 11.8 Å². The number of carbonyl (C=O) groups excluding carboxylic acids is 2. The molecule has 7 heteroatoms. The molecule has 0 radical (unpaired) electrons.